The standard InChI is InChI=1S/C26H23F6N4O3P/c1-13-11-19(35-25(38)34-18-8-6-14(12-17(18)27)26(30,31)32)24(37)36(13)20-9-7-15(21(28)22(20)29)16-5-4-10-33-23(16)40(2,3)39/h4-10,12-13,19H,11H2,1-3H3,(H2,34,35,38)/t13?,19-/m1/s1. The van der Waals surface area contributed by atoms with Crippen molar-refractivity contribution in [2.75, 3.05) is 23.5 Å². The zero-order valence-corrected chi connectivity index (χ0v) is 22.2. The first-order valence-electron chi connectivity index (χ1n) is 11.9. The van der Waals surface area contributed by atoms with Crippen LogP contribution in [0.1, 0.15) is 18.9 Å². The smallest absolute Gasteiger partial charge is 0.326 e. The van der Waals surface area contributed by atoms with Crippen molar-refractivity contribution in [2.24, 2.45) is 0 Å². The summed E-state index contributed by atoms with van der Waals surface area (Å²) in [4.78, 5) is 30.5. The summed E-state index contributed by atoms with van der Waals surface area (Å²) in [6.45, 7) is 4.44. The number of hydrogen-bond acceptors (Lipinski definition) is 4. The van der Waals surface area contributed by atoms with Crippen LogP contribution in [-0.2, 0) is 15.5 Å². The van der Waals surface area contributed by atoms with Crippen molar-refractivity contribution in [3.05, 3.63) is 71.7 Å². The number of halogens is 6. The van der Waals surface area contributed by atoms with Crippen molar-refractivity contribution in [1.29, 1.82) is 0 Å². The van der Waals surface area contributed by atoms with E-state index in [1.54, 1.807) is 6.92 Å². The largest absolute Gasteiger partial charge is 0.416 e. The van der Waals surface area contributed by atoms with Gasteiger partial charge >= 0.3 is 12.2 Å². The van der Waals surface area contributed by atoms with Gasteiger partial charge < -0.3 is 20.1 Å². The number of carbonyl (C=O) groups is 2. The molecular weight excluding hydrogens is 561 g/mol. The highest BCUT2D eigenvalue weighted by molar-refractivity contribution is 7.70. The second-order valence-electron chi connectivity index (χ2n) is 9.62. The van der Waals surface area contributed by atoms with E-state index in [0.717, 1.165) is 11.0 Å². The van der Waals surface area contributed by atoms with E-state index in [2.05, 4.69) is 10.3 Å². The summed E-state index contributed by atoms with van der Waals surface area (Å²) >= 11 is 0. The SMILES string of the molecule is CC1C[C@@H](NC(=O)Nc2ccc(C(F)(F)F)cc2F)C(=O)N1c1ccc(-c2cccnc2P(C)(C)=O)c(F)c1F. The minimum Gasteiger partial charge on any atom is -0.326 e. The molecule has 1 aliphatic heterocycles. The van der Waals surface area contributed by atoms with Gasteiger partial charge in [-0.1, -0.05) is 6.07 Å². The van der Waals surface area contributed by atoms with Crippen molar-refractivity contribution in [3.63, 3.8) is 0 Å². The Bertz CT molecular complexity index is 1540. The highest BCUT2D eigenvalue weighted by atomic mass is 31.2. The van der Waals surface area contributed by atoms with E-state index in [9.17, 15) is 31.7 Å². The summed E-state index contributed by atoms with van der Waals surface area (Å²) in [6, 6.07) is 3.91. The Balaban J connectivity index is 1.54. The Kier molecular flexibility index (Phi) is 7.72. The van der Waals surface area contributed by atoms with Crippen LogP contribution < -0.4 is 21.0 Å². The zero-order chi connectivity index (χ0) is 29.6. The molecule has 1 fully saturated rings. The molecule has 0 bridgehead atoms. The minimum absolute atomic E-state index is 0.0217. The van der Waals surface area contributed by atoms with Crippen molar-refractivity contribution < 1.29 is 40.5 Å². The van der Waals surface area contributed by atoms with Crippen molar-refractivity contribution in [1.82, 2.24) is 10.3 Å². The van der Waals surface area contributed by atoms with Crippen LogP contribution in [0.2, 0.25) is 0 Å². The number of pyridine rings is 1. The first-order valence-corrected chi connectivity index (χ1v) is 14.5. The maximum Gasteiger partial charge on any atom is 0.416 e. The monoisotopic (exact) mass is 584 g/mol. The number of anilines is 2. The fraction of sp³-hybridized carbons (Fsp3) is 0.269. The van der Waals surface area contributed by atoms with Gasteiger partial charge in [-0.15, -0.1) is 0 Å². The van der Waals surface area contributed by atoms with Crippen molar-refractivity contribution >= 4 is 35.9 Å². The van der Waals surface area contributed by atoms with Crippen LogP contribution in [0.3, 0.4) is 0 Å². The molecule has 1 aliphatic rings. The van der Waals surface area contributed by atoms with E-state index < -0.39 is 66.0 Å². The van der Waals surface area contributed by atoms with Gasteiger partial charge in [-0.25, -0.2) is 18.0 Å². The van der Waals surface area contributed by atoms with Gasteiger partial charge in [-0.05, 0) is 63.1 Å². The summed E-state index contributed by atoms with van der Waals surface area (Å²) in [5.41, 5.74) is -2.12. The molecule has 1 saturated heterocycles. The molecule has 2 heterocycles. The normalized spacial score (nSPS) is 17.7. The van der Waals surface area contributed by atoms with Crippen LogP contribution in [0, 0.1) is 17.5 Å². The van der Waals surface area contributed by atoms with E-state index >= 15 is 8.78 Å². The number of amides is 3. The maximum atomic E-state index is 15.3. The zero-order valence-electron chi connectivity index (χ0n) is 21.3. The first kappa shape index (κ1) is 29.1. The molecule has 4 rings (SSSR count). The molecule has 0 radical (unpaired) electrons. The predicted octanol–water partition coefficient (Wildman–Crippen LogP) is 5.75. The Hall–Kier alpha value is -3.86. The highest BCUT2D eigenvalue weighted by Gasteiger charge is 2.41. The van der Waals surface area contributed by atoms with Crippen LogP contribution >= 0.6 is 7.14 Å². The van der Waals surface area contributed by atoms with E-state index in [1.165, 1.54) is 43.8 Å². The molecule has 1 unspecified atom stereocenters. The van der Waals surface area contributed by atoms with E-state index in [0.29, 0.717) is 6.07 Å². The van der Waals surface area contributed by atoms with Gasteiger partial charge in [-0.2, -0.15) is 13.2 Å². The lowest BCUT2D eigenvalue weighted by Gasteiger charge is -2.23. The number of carbonyl (C=O) groups excluding carboxylic acids is 2. The topological polar surface area (TPSA) is 91.4 Å². The van der Waals surface area contributed by atoms with Crippen LogP contribution in [0.4, 0.5) is 42.5 Å². The average Bonchev–Trinajstić information content (AvgIpc) is 3.13. The second-order valence-corrected chi connectivity index (χ2v) is 12.7. The molecule has 2 atom stereocenters. The lowest BCUT2D eigenvalue weighted by Crippen LogP contribution is -2.44. The van der Waals surface area contributed by atoms with E-state index in [4.69, 9.17) is 0 Å². The number of hydrogen-bond donors (Lipinski definition) is 2. The molecule has 2 aromatic carbocycles. The lowest BCUT2D eigenvalue weighted by molar-refractivity contribution is -0.137. The first-order chi connectivity index (χ1) is 18.6. The van der Waals surface area contributed by atoms with Gasteiger partial charge in [0.1, 0.15) is 24.4 Å². The molecule has 14 heteroatoms. The molecule has 212 valence electrons. The molecule has 7 nitrogen and oxygen atoms in total. The Morgan fingerprint density at radius 1 is 1.05 bits per heavy atom. The van der Waals surface area contributed by atoms with Gasteiger partial charge in [0, 0.05) is 23.4 Å². The second kappa shape index (κ2) is 10.6. The minimum atomic E-state index is -4.78. The van der Waals surface area contributed by atoms with Gasteiger partial charge in [0.2, 0.25) is 5.91 Å². The summed E-state index contributed by atoms with van der Waals surface area (Å²) in [7, 11) is -2.95. The number of alkyl halides is 3. The quantitative estimate of drug-likeness (QED) is 0.295. The van der Waals surface area contributed by atoms with E-state index in [-0.39, 0.29) is 34.7 Å². The third-order valence-electron chi connectivity index (χ3n) is 6.31. The van der Waals surface area contributed by atoms with Crippen molar-refractivity contribution in [2.45, 2.75) is 31.6 Å². The maximum absolute atomic E-state index is 15.3. The number of benzene rings is 2. The molecule has 2 N–H and O–H groups in total. The third-order valence-corrected chi connectivity index (χ3v) is 7.69. The average molecular weight is 584 g/mol. The third kappa shape index (κ3) is 5.70. The van der Waals surface area contributed by atoms with Gasteiger partial charge in [-0.3, -0.25) is 9.78 Å². The lowest BCUT2D eigenvalue weighted by atomic mass is 10.1. The number of rotatable bonds is 5. The highest BCUT2D eigenvalue weighted by Crippen LogP contribution is 2.40. The number of urea groups is 1. The Morgan fingerprint density at radius 2 is 1.75 bits per heavy atom. The van der Waals surface area contributed by atoms with Gasteiger partial charge in [0.05, 0.1) is 16.9 Å². The Morgan fingerprint density at radius 3 is 2.38 bits per heavy atom. The Labute approximate surface area is 225 Å². The molecule has 0 spiro atoms. The summed E-state index contributed by atoms with van der Waals surface area (Å²) in [6.07, 6.45) is -3.41. The number of nitrogens with zero attached hydrogens (tertiary/aromatic N) is 2. The molecule has 1 aromatic heterocycles. The molecule has 0 aliphatic carbocycles. The number of aromatic nitrogens is 1. The fourth-order valence-corrected chi connectivity index (χ4v) is 5.61. The fourth-order valence-electron chi connectivity index (χ4n) is 4.49. The summed E-state index contributed by atoms with van der Waals surface area (Å²) < 4.78 is 95.6. The molecule has 3 amide bonds. The molecular formula is C26H23F6N4O3P. The van der Waals surface area contributed by atoms with Gasteiger partial charge in [0.15, 0.2) is 11.6 Å². The van der Waals surface area contributed by atoms with Crippen LogP contribution in [0.5, 0.6) is 0 Å². The summed E-state index contributed by atoms with van der Waals surface area (Å²) in [5, 5.41) is 4.33. The van der Waals surface area contributed by atoms with Crippen LogP contribution in [0.25, 0.3) is 11.1 Å². The molecule has 0 saturated carbocycles. The molecule has 3 aromatic rings. The van der Waals surface area contributed by atoms with Crippen LogP contribution in [0.15, 0.2) is 48.7 Å². The van der Waals surface area contributed by atoms with Crippen LogP contribution in [-0.4, -0.2) is 42.3 Å². The predicted molar refractivity (Wildman–Crippen MR) is 138 cm³/mol. The number of nitrogens with one attached hydrogen (secondary N) is 2. The van der Waals surface area contributed by atoms with Crippen molar-refractivity contribution in [3.8, 4) is 11.1 Å². The van der Waals surface area contributed by atoms with Gasteiger partial charge in [0.25, 0.3) is 0 Å². The van der Waals surface area contributed by atoms with E-state index in [1.807, 2.05) is 5.32 Å². The molecule has 40 heavy (non-hydrogen) atoms. The summed E-state index contributed by atoms with van der Waals surface area (Å²) in [5.74, 6) is -4.75.